The van der Waals surface area contributed by atoms with Crippen molar-refractivity contribution < 1.29 is 0 Å². The van der Waals surface area contributed by atoms with Crippen molar-refractivity contribution in [1.29, 1.82) is 0 Å². The summed E-state index contributed by atoms with van der Waals surface area (Å²) in [6.07, 6.45) is 6.89. The van der Waals surface area contributed by atoms with Crippen LogP contribution in [0.3, 0.4) is 0 Å². The van der Waals surface area contributed by atoms with Gasteiger partial charge in [-0.1, -0.05) is 34.6 Å². The zero-order chi connectivity index (χ0) is 14.8. The van der Waals surface area contributed by atoms with E-state index in [2.05, 4.69) is 44.8 Å². The highest BCUT2D eigenvalue weighted by Crippen LogP contribution is 2.41. The molecular weight excluding hydrogens is 244 g/mol. The molecular formula is C18H36N2. The Morgan fingerprint density at radius 3 is 2.35 bits per heavy atom. The standard InChI is InChI=1S/C18H36N2/c1-6-18(7-2)9-10-20(13-18)17-15(5)11-14(4)12-16(17)19-8-3/h14-17,19H,6-13H2,1-5H3. The molecule has 1 saturated carbocycles. The summed E-state index contributed by atoms with van der Waals surface area (Å²) in [5.74, 6) is 1.72. The highest BCUT2D eigenvalue weighted by Gasteiger charge is 2.43. The molecule has 1 heterocycles. The number of hydrogen-bond acceptors (Lipinski definition) is 2. The first kappa shape index (κ1) is 16.3. The number of likely N-dealkylation sites (tertiary alicyclic amines) is 1. The summed E-state index contributed by atoms with van der Waals surface area (Å²) in [4.78, 5) is 2.84. The molecule has 1 aliphatic heterocycles. The van der Waals surface area contributed by atoms with Crippen LogP contribution in [0.1, 0.15) is 66.7 Å². The fourth-order valence-electron chi connectivity index (χ4n) is 4.97. The minimum Gasteiger partial charge on any atom is -0.313 e. The molecule has 0 bridgehead atoms. The lowest BCUT2D eigenvalue weighted by Crippen LogP contribution is -2.56. The third-order valence-electron chi connectivity index (χ3n) is 6.28. The fraction of sp³-hybridized carbons (Fsp3) is 1.00. The van der Waals surface area contributed by atoms with Crippen LogP contribution in [0.2, 0.25) is 0 Å². The molecule has 1 N–H and O–H groups in total. The molecule has 2 aliphatic rings. The Morgan fingerprint density at radius 2 is 1.80 bits per heavy atom. The van der Waals surface area contributed by atoms with Crippen molar-refractivity contribution >= 4 is 0 Å². The van der Waals surface area contributed by atoms with E-state index in [-0.39, 0.29) is 0 Å². The minimum atomic E-state index is 0.611. The lowest BCUT2D eigenvalue weighted by molar-refractivity contribution is 0.0687. The topological polar surface area (TPSA) is 15.3 Å². The molecule has 0 spiro atoms. The lowest BCUT2D eigenvalue weighted by atomic mass is 9.75. The smallest absolute Gasteiger partial charge is 0.0275 e. The summed E-state index contributed by atoms with van der Waals surface area (Å²) in [5, 5.41) is 3.79. The van der Waals surface area contributed by atoms with Gasteiger partial charge in [0.15, 0.2) is 0 Å². The third kappa shape index (κ3) is 3.22. The van der Waals surface area contributed by atoms with Crippen molar-refractivity contribution in [1.82, 2.24) is 10.2 Å². The largest absolute Gasteiger partial charge is 0.313 e. The summed E-state index contributed by atoms with van der Waals surface area (Å²) in [5.41, 5.74) is 0.611. The monoisotopic (exact) mass is 280 g/mol. The molecule has 4 atom stereocenters. The van der Waals surface area contributed by atoms with Gasteiger partial charge in [-0.3, -0.25) is 4.90 Å². The van der Waals surface area contributed by atoms with E-state index in [0.29, 0.717) is 11.5 Å². The Morgan fingerprint density at radius 1 is 1.10 bits per heavy atom. The van der Waals surface area contributed by atoms with Crippen LogP contribution in [-0.4, -0.2) is 36.6 Å². The summed E-state index contributed by atoms with van der Waals surface area (Å²) in [7, 11) is 0. The van der Waals surface area contributed by atoms with E-state index in [0.717, 1.165) is 24.4 Å². The van der Waals surface area contributed by atoms with E-state index in [1.54, 1.807) is 0 Å². The molecule has 2 nitrogen and oxygen atoms in total. The molecule has 1 saturated heterocycles. The van der Waals surface area contributed by atoms with Crippen LogP contribution in [0.5, 0.6) is 0 Å². The average molecular weight is 280 g/mol. The van der Waals surface area contributed by atoms with Gasteiger partial charge in [0.1, 0.15) is 0 Å². The summed E-state index contributed by atoms with van der Waals surface area (Å²) in [6, 6.07) is 1.48. The molecule has 2 rings (SSSR count). The van der Waals surface area contributed by atoms with Gasteiger partial charge in [-0.2, -0.15) is 0 Å². The zero-order valence-corrected chi connectivity index (χ0v) is 14.4. The molecule has 0 aromatic heterocycles. The number of nitrogens with zero attached hydrogens (tertiary/aromatic N) is 1. The second-order valence-electron chi connectivity index (χ2n) is 7.64. The molecule has 1 aliphatic carbocycles. The Labute approximate surface area is 126 Å². The van der Waals surface area contributed by atoms with Gasteiger partial charge >= 0.3 is 0 Å². The van der Waals surface area contributed by atoms with Crippen LogP contribution in [0.25, 0.3) is 0 Å². The molecule has 118 valence electrons. The predicted octanol–water partition coefficient (Wildman–Crippen LogP) is 3.91. The van der Waals surface area contributed by atoms with Gasteiger partial charge in [-0.15, -0.1) is 0 Å². The fourth-order valence-corrected chi connectivity index (χ4v) is 4.97. The van der Waals surface area contributed by atoms with E-state index in [9.17, 15) is 0 Å². The first-order valence-corrected chi connectivity index (χ1v) is 9.02. The van der Waals surface area contributed by atoms with Crippen LogP contribution in [0, 0.1) is 17.3 Å². The van der Waals surface area contributed by atoms with Crippen LogP contribution in [0.4, 0.5) is 0 Å². The van der Waals surface area contributed by atoms with Gasteiger partial charge in [0.05, 0.1) is 0 Å². The second-order valence-corrected chi connectivity index (χ2v) is 7.64. The zero-order valence-electron chi connectivity index (χ0n) is 14.4. The number of hydrogen-bond donors (Lipinski definition) is 1. The summed E-state index contributed by atoms with van der Waals surface area (Å²) >= 11 is 0. The second kappa shape index (κ2) is 6.79. The van der Waals surface area contributed by atoms with Gasteiger partial charge in [0.25, 0.3) is 0 Å². The average Bonchev–Trinajstić information content (AvgIpc) is 2.83. The highest BCUT2D eigenvalue weighted by molar-refractivity contribution is 4.99. The van der Waals surface area contributed by atoms with Crippen LogP contribution >= 0.6 is 0 Å². The number of rotatable bonds is 5. The van der Waals surface area contributed by atoms with E-state index in [4.69, 9.17) is 0 Å². The highest BCUT2D eigenvalue weighted by atomic mass is 15.2. The van der Waals surface area contributed by atoms with Gasteiger partial charge in [0, 0.05) is 18.6 Å². The maximum atomic E-state index is 3.79. The maximum Gasteiger partial charge on any atom is 0.0275 e. The first-order chi connectivity index (χ1) is 9.55. The molecule has 0 radical (unpaired) electrons. The van der Waals surface area contributed by atoms with Gasteiger partial charge in [-0.05, 0) is 62.4 Å². The molecule has 0 amide bonds. The van der Waals surface area contributed by atoms with E-state index in [1.807, 2.05) is 0 Å². The minimum absolute atomic E-state index is 0.611. The van der Waals surface area contributed by atoms with Gasteiger partial charge in [-0.25, -0.2) is 0 Å². The quantitative estimate of drug-likeness (QED) is 0.821. The van der Waals surface area contributed by atoms with Crippen molar-refractivity contribution in [3.05, 3.63) is 0 Å². The number of nitrogens with one attached hydrogen (secondary N) is 1. The SMILES string of the molecule is CCNC1CC(C)CC(C)C1N1CCC(CC)(CC)C1. The maximum absolute atomic E-state index is 3.79. The Kier molecular flexibility index (Phi) is 5.53. The van der Waals surface area contributed by atoms with Crippen molar-refractivity contribution in [2.45, 2.75) is 78.8 Å². The van der Waals surface area contributed by atoms with Crippen molar-refractivity contribution in [3.63, 3.8) is 0 Å². The predicted molar refractivity (Wildman–Crippen MR) is 88.0 cm³/mol. The Balaban J connectivity index is 2.08. The summed E-state index contributed by atoms with van der Waals surface area (Å²) < 4.78 is 0. The van der Waals surface area contributed by atoms with Gasteiger partial charge < -0.3 is 5.32 Å². The number of likely N-dealkylation sites (N-methyl/N-ethyl adjacent to an activating group) is 1. The van der Waals surface area contributed by atoms with E-state index in [1.165, 1.54) is 45.2 Å². The Bertz CT molecular complexity index is 298. The molecule has 2 fully saturated rings. The van der Waals surface area contributed by atoms with Crippen LogP contribution in [0.15, 0.2) is 0 Å². The molecule has 0 aromatic rings. The van der Waals surface area contributed by atoms with Gasteiger partial charge in [0.2, 0.25) is 0 Å². The lowest BCUT2D eigenvalue weighted by Gasteiger charge is -2.45. The molecule has 2 heteroatoms. The third-order valence-corrected chi connectivity index (χ3v) is 6.28. The summed E-state index contributed by atoms with van der Waals surface area (Å²) in [6.45, 7) is 15.7. The van der Waals surface area contributed by atoms with Crippen molar-refractivity contribution in [3.8, 4) is 0 Å². The Hall–Kier alpha value is -0.0800. The first-order valence-electron chi connectivity index (χ1n) is 9.02. The van der Waals surface area contributed by atoms with E-state index < -0.39 is 0 Å². The van der Waals surface area contributed by atoms with Crippen molar-refractivity contribution in [2.24, 2.45) is 17.3 Å². The van der Waals surface area contributed by atoms with Crippen molar-refractivity contribution in [2.75, 3.05) is 19.6 Å². The van der Waals surface area contributed by atoms with Crippen LogP contribution < -0.4 is 5.32 Å². The molecule has 20 heavy (non-hydrogen) atoms. The molecule has 0 aromatic carbocycles. The molecule has 4 unspecified atom stereocenters. The normalized spacial score (nSPS) is 38.2. The van der Waals surface area contributed by atoms with E-state index >= 15 is 0 Å². The van der Waals surface area contributed by atoms with Crippen LogP contribution in [-0.2, 0) is 0 Å².